The van der Waals surface area contributed by atoms with E-state index < -0.39 is 24.7 Å². The number of hydrogen-bond acceptors (Lipinski definition) is 2. The third kappa shape index (κ3) is 1.59. The van der Waals surface area contributed by atoms with E-state index >= 15 is 0 Å². The summed E-state index contributed by atoms with van der Waals surface area (Å²) < 4.78 is 26.3. The van der Waals surface area contributed by atoms with Gasteiger partial charge in [-0.1, -0.05) is 0 Å². The van der Waals surface area contributed by atoms with Crippen LogP contribution in [0.2, 0.25) is 0 Å². The first-order chi connectivity index (χ1) is 5.14. The van der Waals surface area contributed by atoms with Gasteiger partial charge in [0, 0.05) is 4.11 Å². The van der Waals surface area contributed by atoms with E-state index in [1.165, 1.54) is 0 Å². The van der Waals surface area contributed by atoms with Crippen molar-refractivity contribution in [3.8, 4) is 0 Å². The lowest BCUT2D eigenvalue weighted by Crippen LogP contribution is -2.19. The monoisotopic (exact) mass is 122 g/mol. The van der Waals surface area contributed by atoms with Crippen molar-refractivity contribution in [2.75, 3.05) is 0 Å². The standard InChI is InChI=1S/C4H6O4/c1-2(3(5)6)4(7)8/h2H,1H3,(H,5,6)(H,7,8)/i1D3,2D. The Kier molecular flexibility index (Phi) is 0.712. The van der Waals surface area contributed by atoms with Gasteiger partial charge in [-0.2, -0.15) is 0 Å². The topological polar surface area (TPSA) is 74.6 Å². The van der Waals surface area contributed by atoms with Crippen molar-refractivity contribution in [1.29, 1.82) is 0 Å². The highest BCUT2D eigenvalue weighted by Gasteiger charge is 2.18. The van der Waals surface area contributed by atoms with E-state index in [0.717, 1.165) is 0 Å². The molecular weight excluding hydrogens is 112 g/mol. The zero-order valence-corrected chi connectivity index (χ0v) is 3.71. The first kappa shape index (κ1) is 2.48. The minimum Gasteiger partial charge on any atom is -0.481 e. The maximum Gasteiger partial charge on any atom is 0.317 e. The van der Waals surface area contributed by atoms with Crippen LogP contribution in [0.1, 0.15) is 12.3 Å². The first-order valence-corrected chi connectivity index (χ1v) is 1.61. The zero-order valence-electron chi connectivity index (χ0n) is 7.71. The van der Waals surface area contributed by atoms with Gasteiger partial charge in [0.1, 0.15) is 0 Å². The number of aliphatic carboxylic acids is 2. The Labute approximate surface area is 51.4 Å². The number of carboxylic acid groups (broad SMARTS) is 2. The normalized spacial score (nSPS) is 19.5. The van der Waals surface area contributed by atoms with E-state index in [-0.39, 0.29) is 0 Å². The van der Waals surface area contributed by atoms with Crippen LogP contribution >= 0.6 is 0 Å². The summed E-state index contributed by atoms with van der Waals surface area (Å²) >= 11 is 0. The second-order valence-electron chi connectivity index (χ2n) is 0.985. The maximum absolute atomic E-state index is 10.2. The van der Waals surface area contributed by atoms with Gasteiger partial charge in [-0.15, -0.1) is 0 Å². The average molecular weight is 122 g/mol. The van der Waals surface area contributed by atoms with Crippen LogP contribution in [0.15, 0.2) is 0 Å². The molecule has 0 heterocycles. The van der Waals surface area contributed by atoms with Gasteiger partial charge in [0.05, 0.1) is 1.37 Å². The molecule has 0 radical (unpaired) electrons. The van der Waals surface area contributed by atoms with Crippen molar-refractivity contribution >= 4 is 11.9 Å². The molecule has 4 nitrogen and oxygen atoms in total. The molecule has 0 aliphatic carbocycles. The van der Waals surface area contributed by atoms with Crippen molar-refractivity contribution in [3.63, 3.8) is 0 Å². The third-order valence-electron chi connectivity index (χ3n) is 0.428. The highest BCUT2D eigenvalue weighted by Crippen LogP contribution is 1.91. The second-order valence-corrected chi connectivity index (χ2v) is 0.985. The molecule has 46 valence electrons. The summed E-state index contributed by atoms with van der Waals surface area (Å²) in [6.07, 6.45) is 0. The Balaban J connectivity index is 5.17. The van der Waals surface area contributed by atoms with Gasteiger partial charge in [-0.25, -0.2) is 0 Å². The smallest absolute Gasteiger partial charge is 0.317 e. The molecule has 0 aliphatic heterocycles. The molecule has 0 amide bonds. The van der Waals surface area contributed by atoms with Gasteiger partial charge >= 0.3 is 11.9 Å². The van der Waals surface area contributed by atoms with E-state index in [4.69, 9.17) is 15.7 Å². The maximum atomic E-state index is 10.2. The Morgan fingerprint density at radius 2 is 2.00 bits per heavy atom. The molecule has 0 fully saturated rings. The van der Waals surface area contributed by atoms with Crippen molar-refractivity contribution in [1.82, 2.24) is 0 Å². The quantitative estimate of drug-likeness (QED) is 0.497. The molecule has 0 aromatic rings. The lowest BCUT2D eigenvalue weighted by Gasteiger charge is -1.94. The van der Waals surface area contributed by atoms with E-state index in [9.17, 15) is 9.59 Å². The summed E-state index contributed by atoms with van der Waals surface area (Å²) in [4.78, 5) is 20.4. The number of carbonyl (C=O) groups is 2. The fraction of sp³-hybridized carbons (Fsp3) is 0.500. The van der Waals surface area contributed by atoms with Crippen molar-refractivity contribution < 1.29 is 25.3 Å². The number of hydrogen-bond donors (Lipinski definition) is 2. The van der Waals surface area contributed by atoms with E-state index in [1.54, 1.807) is 0 Å². The Bertz CT molecular complexity index is 206. The fourth-order valence-electron chi connectivity index (χ4n) is 0.0915. The van der Waals surface area contributed by atoms with Crippen LogP contribution in [0.4, 0.5) is 0 Å². The lowest BCUT2D eigenvalue weighted by atomic mass is 10.2. The highest BCUT2D eigenvalue weighted by molar-refractivity contribution is 5.92. The fourth-order valence-corrected chi connectivity index (χ4v) is 0.0915. The summed E-state index contributed by atoms with van der Waals surface area (Å²) in [5.74, 6) is -7.88. The average Bonchev–Trinajstić information content (AvgIpc) is 1.82. The second kappa shape index (κ2) is 2.30. The van der Waals surface area contributed by atoms with E-state index in [1.807, 2.05) is 0 Å². The molecule has 0 aromatic carbocycles. The van der Waals surface area contributed by atoms with E-state index in [2.05, 4.69) is 0 Å². The molecule has 0 saturated heterocycles. The van der Waals surface area contributed by atoms with Gasteiger partial charge in [0.15, 0.2) is 5.89 Å². The van der Waals surface area contributed by atoms with Gasteiger partial charge in [0.2, 0.25) is 0 Å². The summed E-state index contributed by atoms with van der Waals surface area (Å²) in [5, 5.41) is 16.4. The van der Waals surface area contributed by atoms with Crippen LogP contribution in [0.5, 0.6) is 0 Å². The molecule has 0 spiro atoms. The Morgan fingerprint density at radius 1 is 1.62 bits per heavy atom. The molecule has 0 unspecified atom stereocenters. The summed E-state index contributed by atoms with van der Waals surface area (Å²) in [5.41, 5.74) is 0. The predicted molar refractivity (Wildman–Crippen MR) is 24.4 cm³/mol. The minimum absolute atomic E-state index is 2.20. The molecule has 0 aromatic heterocycles. The third-order valence-corrected chi connectivity index (χ3v) is 0.428. The molecule has 0 rings (SSSR count). The van der Waals surface area contributed by atoms with Gasteiger partial charge in [0.25, 0.3) is 0 Å². The first-order valence-electron chi connectivity index (χ1n) is 3.61. The summed E-state index contributed by atoms with van der Waals surface area (Å²) in [6, 6.07) is 0. The van der Waals surface area contributed by atoms with Gasteiger partial charge in [-0.05, 0) is 6.85 Å². The van der Waals surface area contributed by atoms with Crippen LogP contribution in [-0.4, -0.2) is 22.2 Å². The zero-order chi connectivity index (χ0) is 10.2. The van der Waals surface area contributed by atoms with Crippen LogP contribution in [0, 0.1) is 5.89 Å². The van der Waals surface area contributed by atoms with Crippen molar-refractivity contribution in [3.05, 3.63) is 0 Å². The van der Waals surface area contributed by atoms with Crippen LogP contribution in [0.3, 0.4) is 0 Å². The molecule has 8 heavy (non-hydrogen) atoms. The van der Waals surface area contributed by atoms with E-state index in [0.29, 0.717) is 0 Å². The SMILES string of the molecule is [2H]C([2H])([2H])C([2H])(C(=O)O)C(=O)O. The molecule has 4 heteroatoms. The largest absolute Gasteiger partial charge is 0.481 e. The highest BCUT2D eigenvalue weighted by atomic mass is 16.4. The molecular formula is C4H6O4. The van der Waals surface area contributed by atoms with Gasteiger partial charge in [-0.3, -0.25) is 9.59 Å². The molecule has 0 bridgehead atoms. The van der Waals surface area contributed by atoms with Crippen molar-refractivity contribution in [2.24, 2.45) is 5.89 Å². The van der Waals surface area contributed by atoms with Crippen LogP contribution in [-0.2, 0) is 9.59 Å². The van der Waals surface area contributed by atoms with Crippen LogP contribution < -0.4 is 0 Å². The Morgan fingerprint density at radius 3 is 2.00 bits per heavy atom. The minimum atomic E-state index is -3.48. The molecule has 0 atom stereocenters. The van der Waals surface area contributed by atoms with Crippen molar-refractivity contribution in [2.45, 2.75) is 6.85 Å². The molecule has 0 aliphatic rings. The Hall–Kier alpha value is -1.06. The number of carboxylic acids is 2. The summed E-state index contributed by atoms with van der Waals surface area (Å²) in [6.45, 7) is -3.38. The molecule has 0 saturated carbocycles. The molecule has 2 N–H and O–H groups in total. The lowest BCUT2D eigenvalue weighted by molar-refractivity contribution is -0.153. The van der Waals surface area contributed by atoms with Gasteiger partial charge < -0.3 is 10.2 Å². The predicted octanol–water partition coefficient (Wildman–Crippen LogP) is -0.208. The summed E-state index contributed by atoms with van der Waals surface area (Å²) in [7, 11) is 0. The van der Waals surface area contributed by atoms with Crippen LogP contribution in [0.25, 0.3) is 0 Å². The number of rotatable bonds is 2.